The molecule has 0 atom stereocenters. The van der Waals surface area contributed by atoms with Gasteiger partial charge in [0.25, 0.3) is 0 Å². The van der Waals surface area contributed by atoms with Gasteiger partial charge in [0.2, 0.25) is 5.91 Å². The molecule has 126 valence electrons. The monoisotopic (exact) mass is 371 g/mol. The lowest BCUT2D eigenvalue weighted by atomic mass is 10.2. The first-order chi connectivity index (χ1) is 12.1. The predicted molar refractivity (Wildman–Crippen MR) is 101 cm³/mol. The fourth-order valence-electron chi connectivity index (χ4n) is 2.28. The number of amides is 1. The van der Waals surface area contributed by atoms with Crippen molar-refractivity contribution in [3.8, 4) is 11.3 Å². The van der Waals surface area contributed by atoms with Crippen LogP contribution in [0.5, 0.6) is 0 Å². The highest BCUT2D eigenvalue weighted by molar-refractivity contribution is 6.36. The molecule has 25 heavy (non-hydrogen) atoms. The summed E-state index contributed by atoms with van der Waals surface area (Å²) >= 11 is 12.1. The highest BCUT2D eigenvalue weighted by Gasteiger charge is 2.08. The second-order valence-electron chi connectivity index (χ2n) is 5.36. The molecule has 3 aromatic rings. The third-order valence-electron chi connectivity index (χ3n) is 3.53. The Morgan fingerprint density at radius 3 is 2.60 bits per heavy atom. The fraction of sp³-hybridized carbons (Fsp3) is 0.0500. The zero-order valence-electron chi connectivity index (χ0n) is 13.2. The number of benzene rings is 2. The Labute approximate surface area is 155 Å². The Kier molecular flexibility index (Phi) is 5.59. The van der Waals surface area contributed by atoms with Crippen molar-refractivity contribution >= 4 is 35.2 Å². The van der Waals surface area contributed by atoms with Crippen LogP contribution in [0.1, 0.15) is 11.3 Å². The van der Waals surface area contributed by atoms with Crippen molar-refractivity contribution in [3.05, 3.63) is 88.1 Å². The zero-order valence-corrected chi connectivity index (χ0v) is 14.7. The number of carbonyl (C=O) groups excluding carboxylic acids is 1. The summed E-state index contributed by atoms with van der Waals surface area (Å²) in [5.41, 5.74) is 1.79. The minimum absolute atomic E-state index is 0.189. The molecular weight excluding hydrogens is 357 g/mol. The molecule has 0 bridgehead atoms. The number of carbonyl (C=O) groups is 1. The van der Waals surface area contributed by atoms with E-state index in [1.807, 2.05) is 30.3 Å². The largest absolute Gasteiger partial charge is 0.457 e. The van der Waals surface area contributed by atoms with Crippen LogP contribution < -0.4 is 5.32 Å². The molecule has 0 spiro atoms. The molecule has 3 rings (SSSR count). The van der Waals surface area contributed by atoms with Crippen LogP contribution in [0.2, 0.25) is 10.0 Å². The van der Waals surface area contributed by atoms with E-state index in [0.29, 0.717) is 28.1 Å². The quantitative estimate of drug-likeness (QED) is 0.594. The number of nitrogens with one attached hydrogen (secondary N) is 1. The van der Waals surface area contributed by atoms with E-state index in [9.17, 15) is 4.79 Å². The van der Waals surface area contributed by atoms with Crippen molar-refractivity contribution < 1.29 is 9.21 Å². The van der Waals surface area contributed by atoms with Crippen LogP contribution in [0.15, 0.2) is 71.2 Å². The van der Waals surface area contributed by atoms with Gasteiger partial charge in [0.15, 0.2) is 0 Å². The van der Waals surface area contributed by atoms with E-state index >= 15 is 0 Å². The molecule has 0 fully saturated rings. The maximum absolute atomic E-state index is 11.9. The highest BCUT2D eigenvalue weighted by Crippen LogP contribution is 2.31. The van der Waals surface area contributed by atoms with Crippen molar-refractivity contribution in [1.82, 2.24) is 5.32 Å². The summed E-state index contributed by atoms with van der Waals surface area (Å²) < 4.78 is 5.71. The van der Waals surface area contributed by atoms with Gasteiger partial charge in [-0.2, -0.15) is 0 Å². The third kappa shape index (κ3) is 4.75. The fourth-order valence-corrected chi connectivity index (χ4v) is 2.78. The molecule has 5 heteroatoms. The average Bonchev–Trinajstić information content (AvgIpc) is 3.08. The summed E-state index contributed by atoms with van der Waals surface area (Å²) in [4.78, 5) is 11.9. The standard InChI is InChI=1S/C20H15Cl2NO2/c21-15-6-9-17(18(22)12-15)19-10-7-16(25-19)8-11-20(24)23-13-14-4-2-1-3-5-14/h1-12H,13H2,(H,23,24)/b11-8+. The Morgan fingerprint density at radius 2 is 1.84 bits per heavy atom. The van der Waals surface area contributed by atoms with Gasteiger partial charge in [-0.15, -0.1) is 0 Å². The molecule has 0 unspecified atom stereocenters. The second kappa shape index (κ2) is 8.06. The third-order valence-corrected chi connectivity index (χ3v) is 4.08. The highest BCUT2D eigenvalue weighted by atomic mass is 35.5. The molecule has 1 amide bonds. The van der Waals surface area contributed by atoms with Gasteiger partial charge in [-0.3, -0.25) is 4.79 Å². The Bertz CT molecular complexity index is 901. The summed E-state index contributed by atoms with van der Waals surface area (Å²) in [6, 6.07) is 18.5. The lowest BCUT2D eigenvalue weighted by Crippen LogP contribution is -2.20. The first-order valence-electron chi connectivity index (χ1n) is 7.67. The molecule has 0 saturated heterocycles. The van der Waals surface area contributed by atoms with Crippen LogP contribution in [-0.4, -0.2) is 5.91 Å². The summed E-state index contributed by atoms with van der Waals surface area (Å²) in [7, 11) is 0. The van der Waals surface area contributed by atoms with Gasteiger partial charge in [-0.1, -0.05) is 53.5 Å². The van der Waals surface area contributed by atoms with Gasteiger partial charge in [-0.25, -0.2) is 0 Å². The van der Waals surface area contributed by atoms with E-state index in [2.05, 4.69) is 5.32 Å². The molecule has 0 saturated carbocycles. The number of furan rings is 1. The topological polar surface area (TPSA) is 42.2 Å². The van der Waals surface area contributed by atoms with Crippen LogP contribution in [0.25, 0.3) is 17.4 Å². The summed E-state index contributed by atoms with van der Waals surface area (Å²) in [5, 5.41) is 3.90. The van der Waals surface area contributed by atoms with Gasteiger partial charge in [0, 0.05) is 23.2 Å². The smallest absolute Gasteiger partial charge is 0.244 e. The summed E-state index contributed by atoms with van der Waals surface area (Å²) in [5.74, 6) is 0.994. The van der Waals surface area contributed by atoms with Gasteiger partial charge in [0.05, 0.1) is 5.02 Å². The van der Waals surface area contributed by atoms with E-state index in [1.165, 1.54) is 6.08 Å². The molecule has 2 aromatic carbocycles. The van der Waals surface area contributed by atoms with Crippen LogP contribution in [-0.2, 0) is 11.3 Å². The Balaban J connectivity index is 1.62. The van der Waals surface area contributed by atoms with Gasteiger partial charge in [-0.05, 0) is 42.0 Å². The van der Waals surface area contributed by atoms with Crippen LogP contribution >= 0.6 is 23.2 Å². The molecule has 0 radical (unpaired) electrons. The first-order valence-corrected chi connectivity index (χ1v) is 8.42. The van der Waals surface area contributed by atoms with E-state index in [4.69, 9.17) is 27.6 Å². The molecule has 0 aliphatic rings. The number of rotatable bonds is 5. The van der Waals surface area contributed by atoms with Crippen molar-refractivity contribution in [2.45, 2.75) is 6.54 Å². The molecule has 1 N–H and O–H groups in total. The molecule has 0 aliphatic heterocycles. The van der Waals surface area contributed by atoms with E-state index in [-0.39, 0.29) is 5.91 Å². The summed E-state index contributed by atoms with van der Waals surface area (Å²) in [6.45, 7) is 0.480. The zero-order chi connectivity index (χ0) is 17.6. The molecule has 1 heterocycles. The number of hydrogen-bond acceptors (Lipinski definition) is 2. The van der Waals surface area contributed by atoms with Gasteiger partial charge < -0.3 is 9.73 Å². The molecular formula is C20H15Cl2NO2. The minimum atomic E-state index is -0.189. The number of hydrogen-bond donors (Lipinski definition) is 1. The van der Waals surface area contributed by atoms with Crippen molar-refractivity contribution in [2.75, 3.05) is 0 Å². The van der Waals surface area contributed by atoms with Crippen molar-refractivity contribution in [3.63, 3.8) is 0 Å². The minimum Gasteiger partial charge on any atom is -0.457 e. The maximum atomic E-state index is 11.9. The van der Waals surface area contributed by atoms with Gasteiger partial charge >= 0.3 is 0 Å². The van der Waals surface area contributed by atoms with Crippen molar-refractivity contribution in [2.24, 2.45) is 0 Å². The second-order valence-corrected chi connectivity index (χ2v) is 6.21. The average molecular weight is 372 g/mol. The normalized spacial score (nSPS) is 11.0. The molecule has 1 aromatic heterocycles. The SMILES string of the molecule is O=C(/C=C/c1ccc(-c2ccc(Cl)cc2Cl)o1)NCc1ccccc1. The molecule has 0 aliphatic carbocycles. The lowest BCUT2D eigenvalue weighted by Gasteiger charge is -2.01. The Hall–Kier alpha value is -2.49. The van der Waals surface area contributed by atoms with E-state index < -0.39 is 0 Å². The lowest BCUT2D eigenvalue weighted by molar-refractivity contribution is -0.116. The Morgan fingerprint density at radius 1 is 1.04 bits per heavy atom. The number of halogens is 2. The van der Waals surface area contributed by atoms with Crippen molar-refractivity contribution in [1.29, 1.82) is 0 Å². The van der Waals surface area contributed by atoms with Crippen LogP contribution in [0.3, 0.4) is 0 Å². The van der Waals surface area contributed by atoms with E-state index in [1.54, 1.807) is 36.4 Å². The van der Waals surface area contributed by atoms with E-state index in [0.717, 1.165) is 11.1 Å². The summed E-state index contributed by atoms with van der Waals surface area (Å²) in [6.07, 6.45) is 3.06. The van der Waals surface area contributed by atoms with Crippen LogP contribution in [0.4, 0.5) is 0 Å². The molecule has 3 nitrogen and oxygen atoms in total. The van der Waals surface area contributed by atoms with Crippen LogP contribution in [0, 0.1) is 0 Å². The predicted octanol–water partition coefficient (Wildman–Crippen LogP) is 5.58. The van der Waals surface area contributed by atoms with Gasteiger partial charge in [0.1, 0.15) is 11.5 Å². The first kappa shape index (κ1) is 17.3. The maximum Gasteiger partial charge on any atom is 0.244 e.